The molecular weight excluding hydrogens is 808 g/mol. The standard InChI is InChI=1S/C43H51ClN8O7S/c1-28-7-8-33(41-29(2)49-59-30(41)3)25-39(28)60(54,55)51-18-16-50(17-19-51)20-22-58-24-23-57-21-6-15-45-40(53)27-37-43-48-47-31(4)52(43)38-14-13-35(56-5)26-36(38)42(46-37)32-9-11-34(44)12-10-32/h7-14,25-26,37H,6,15-24,27H2,1-5H3,(H,45,53)/t37-/m0/s1. The van der Waals surface area contributed by atoms with E-state index in [1.54, 1.807) is 17.5 Å². The van der Waals surface area contributed by atoms with Gasteiger partial charge < -0.3 is 24.1 Å². The minimum atomic E-state index is -3.68. The third-order valence-electron chi connectivity index (χ3n) is 10.8. The number of hydrogen-bond donors (Lipinski definition) is 1. The summed E-state index contributed by atoms with van der Waals surface area (Å²) in [6.07, 6.45) is 0.713. The number of aryl methyl sites for hydroxylation is 4. The largest absolute Gasteiger partial charge is 0.497 e. The molecule has 1 amide bonds. The molecule has 1 saturated heterocycles. The summed E-state index contributed by atoms with van der Waals surface area (Å²) in [4.78, 5) is 20.9. The van der Waals surface area contributed by atoms with E-state index in [4.69, 9.17) is 35.3 Å². The van der Waals surface area contributed by atoms with Crippen molar-refractivity contribution >= 4 is 33.2 Å². The monoisotopic (exact) mass is 858 g/mol. The smallest absolute Gasteiger partial charge is 0.243 e. The highest BCUT2D eigenvalue weighted by Crippen LogP contribution is 2.35. The van der Waals surface area contributed by atoms with Crippen molar-refractivity contribution < 1.29 is 31.9 Å². The van der Waals surface area contributed by atoms with Gasteiger partial charge in [0.15, 0.2) is 5.82 Å². The number of carbonyl (C=O) groups is 1. The minimum Gasteiger partial charge on any atom is -0.497 e. The molecule has 2 aromatic heterocycles. The Morgan fingerprint density at radius 1 is 0.900 bits per heavy atom. The molecule has 0 radical (unpaired) electrons. The topological polar surface area (TPSA) is 167 Å². The first kappa shape index (κ1) is 43.1. The zero-order valence-electron chi connectivity index (χ0n) is 34.6. The van der Waals surface area contributed by atoms with Crippen molar-refractivity contribution in [1.29, 1.82) is 0 Å². The van der Waals surface area contributed by atoms with Crippen LogP contribution in [0.25, 0.3) is 16.8 Å². The van der Waals surface area contributed by atoms with Crippen LogP contribution in [0, 0.1) is 27.7 Å². The molecular formula is C43H51ClN8O7S. The number of nitrogens with zero attached hydrogens (tertiary/aromatic N) is 7. The van der Waals surface area contributed by atoms with Crippen molar-refractivity contribution in [1.82, 2.24) is 34.4 Å². The first-order chi connectivity index (χ1) is 28.9. The first-order valence-electron chi connectivity index (χ1n) is 20.1. The Morgan fingerprint density at radius 3 is 2.35 bits per heavy atom. The summed E-state index contributed by atoms with van der Waals surface area (Å²) in [5.74, 6) is 2.45. The Hall–Kier alpha value is -4.97. The molecule has 2 aliphatic heterocycles. The second kappa shape index (κ2) is 19.2. The molecule has 60 heavy (non-hydrogen) atoms. The van der Waals surface area contributed by atoms with E-state index in [0.717, 1.165) is 33.6 Å². The van der Waals surface area contributed by atoms with E-state index in [1.807, 2.05) is 86.9 Å². The van der Waals surface area contributed by atoms with E-state index < -0.39 is 16.1 Å². The van der Waals surface area contributed by atoms with Crippen LogP contribution in [0.1, 0.15) is 58.7 Å². The molecule has 5 aromatic rings. The number of fused-ring (bicyclic) bond motifs is 3. The highest BCUT2D eigenvalue weighted by atomic mass is 35.5. The van der Waals surface area contributed by atoms with Gasteiger partial charge in [-0.25, -0.2) is 8.42 Å². The summed E-state index contributed by atoms with van der Waals surface area (Å²) in [5, 5.41) is 16.4. The molecule has 318 valence electrons. The van der Waals surface area contributed by atoms with E-state index in [9.17, 15) is 13.2 Å². The van der Waals surface area contributed by atoms with Crippen molar-refractivity contribution in [3.8, 4) is 22.6 Å². The average Bonchev–Trinajstić information content (AvgIpc) is 3.76. The number of ether oxygens (including phenoxy) is 3. The van der Waals surface area contributed by atoms with Crippen LogP contribution < -0.4 is 10.1 Å². The molecule has 0 saturated carbocycles. The second-order valence-corrected chi connectivity index (χ2v) is 17.2. The number of methoxy groups -OCH3 is 1. The van der Waals surface area contributed by atoms with Gasteiger partial charge in [-0.15, -0.1) is 10.2 Å². The molecule has 2 aliphatic rings. The molecule has 7 rings (SSSR count). The summed E-state index contributed by atoms with van der Waals surface area (Å²) in [5.41, 5.74) is 6.27. The third-order valence-corrected chi connectivity index (χ3v) is 13.1. The van der Waals surface area contributed by atoms with Crippen LogP contribution in [0.3, 0.4) is 0 Å². The van der Waals surface area contributed by atoms with E-state index in [2.05, 4.69) is 25.6 Å². The van der Waals surface area contributed by atoms with Crippen molar-refractivity contribution in [3.63, 3.8) is 0 Å². The lowest BCUT2D eigenvalue weighted by Crippen LogP contribution is -2.49. The molecule has 17 heteroatoms. The van der Waals surface area contributed by atoms with Crippen LogP contribution in [0.5, 0.6) is 5.75 Å². The quantitative estimate of drug-likeness (QED) is 0.115. The number of aliphatic imine (C=N–C) groups is 1. The zero-order valence-corrected chi connectivity index (χ0v) is 36.2. The van der Waals surface area contributed by atoms with Crippen LogP contribution in [-0.4, -0.2) is 122 Å². The number of sulfonamides is 1. The maximum absolute atomic E-state index is 13.7. The summed E-state index contributed by atoms with van der Waals surface area (Å²) >= 11 is 6.22. The zero-order chi connectivity index (χ0) is 42.4. The number of rotatable bonds is 17. The number of piperazine rings is 1. The van der Waals surface area contributed by atoms with Gasteiger partial charge in [0.2, 0.25) is 15.9 Å². The number of benzene rings is 3. The Bertz CT molecular complexity index is 2420. The average molecular weight is 859 g/mol. The van der Waals surface area contributed by atoms with Crippen LogP contribution >= 0.6 is 11.6 Å². The van der Waals surface area contributed by atoms with Crippen LogP contribution in [0.4, 0.5) is 0 Å². The maximum Gasteiger partial charge on any atom is 0.243 e. The van der Waals surface area contributed by atoms with Crippen LogP contribution in [0.2, 0.25) is 5.02 Å². The van der Waals surface area contributed by atoms with E-state index in [1.165, 1.54) is 0 Å². The molecule has 0 aliphatic carbocycles. The van der Waals surface area contributed by atoms with Gasteiger partial charge in [-0.05, 0) is 81.6 Å². The molecule has 0 unspecified atom stereocenters. The van der Waals surface area contributed by atoms with Gasteiger partial charge in [0.05, 0.1) is 55.3 Å². The fourth-order valence-electron chi connectivity index (χ4n) is 7.60. The lowest BCUT2D eigenvalue weighted by Gasteiger charge is -2.34. The molecule has 3 aromatic carbocycles. The SMILES string of the molecule is COc1ccc2c(c1)C(c1ccc(Cl)cc1)=N[C@@H](CC(=O)NCCCOCCOCCN1CCN(S(=O)(=O)c3cc(-c4c(C)noc4C)ccc3C)CC1)c1nnc(C)n1-2. The summed E-state index contributed by atoms with van der Waals surface area (Å²) in [7, 11) is -2.06. The fraction of sp³-hybridized carbons (Fsp3) is 0.419. The number of amides is 1. The molecule has 4 heterocycles. The lowest BCUT2D eigenvalue weighted by atomic mass is 10.00. The van der Waals surface area contributed by atoms with Gasteiger partial charge in [-0.3, -0.25) is 19.3 Å². The normalized spacial score (nSPS) is 15.9. The predicted molar refractivity (Wildman–Crippen MR) is 228 cm³/mol. The number of aromatic nitrogens is 4. The molecule has 0 bridgehead atoms. The molecule has 1 atom stereocenters. The van der Waals surface area contributed by atoms with Gasteiger partial charge in [-0.2, -0.15) is 4.31 Å². The first-order valence-corrected chi connectivity index (χ1v) is 21.9. The molecule has 1 N–H and O–H groups in total. The van der Waals surface area contributed by atoms with Crippen molar-refractivity contribution in [3.05, 3.63) is 105 Å². The number of carbonyl (C=O) groups excluding carboxylic acids is 1. The highest BCUT2D eigenvalue weighted by Gasteiger charge is 2.32. The minimum absolute atomic E-state index is 0.0811. The number of halogens is 1. The van der Waals surface area contributed by atoms with Crippen molar-refractivity contribution in [2.45, 2.75) is 51.5 Å². The fourth-order valence-corrected chi connectivity index (χ4v) is 9.40. The van der Waals surface area contributed by atoms with Crippen LogP contribution in [0.15, 0.2) is 75.1 Å². The lowest BCUT2D eigenvalue weighted by molar-refractivity contribution is -0.121. The van der Waals surface area contributed by atoms with Crippen LogP contribution in [-0.2, 0) is 24.3 Å². The predicted octanol–water partition coefficient (Wildman–Crippen LogP) is 5.65. The highest BCUT2D eigenvalue weighted by molar-refractivity contribution is 7.89. The Morgan fingerprint density at radius 2 is 1.63 bits per heavy atom. The van der Waals surface area contributed by atoms with Crippen molar-refractivity contribution in [2.24, 2.45) is 4.99 Å². The third kappa shape index (κ3) is 9.64. The summed E-state index contributed by atoms with van der Waals surface area (Å²) in [6, 6.07) is 18.1. The van der Waals surface area contributed by atoms with Gasteiger partial charge in [0.25, 0.3) is 0 Å². The molecule has 0 spiro atoms. The van der Waals surface area contributed by atoms with E-state index in [-0.39, 0.29) is 12.3 Å². The number of hydrogen-bond acceptors (Lipinski definition) is 12. The van der Waals surface area contributed by atoms with Gasteiger partial charge >= 0.3 is 0 Å². The van der Waals surface area contributed by atoms with Gasteiger partial charge in [0.1, 0.15) is 23.4 Å². The molecule has 15 nitrogen and oxygen atoms in total. The molecule has 1 fully saturated rings. The Balaban J connectivity index is 0.818. The van der Waals surface area contributed by atoms with Crippen molar-refractivity contribution in [2.75, 3.05) is 72.8 Å². The second-order valence-electron chi connectivity index (χ2n) is 14.9. The Labute approximate surface area is 355 Å². The van der Waals surface area contributed by atoms with E-state index in [0.29, 0.717) is 116 Å². The number of nitrogens with one attached hydrogen (secondary N) is 1. The van der Waals surface area contributed by atoms with E-state index >= 15 is 0 Å². The Kier molecular flexibility index (Phi) is 13.8. The summed E-state index contributed by atoms with van der Waals surface area (Å²) < 4.78 is 53.4. The van der Waals surface area contributed by atoms with Gasteiger partial charge in [-0.1, -0.05) is 41.0 Å². The maximum atomic E-state index is 13.7. The van der Waals surface area contributed by atoms with Gasteiger partial charge in [0, 0.05) is 67.6 Å². The summed E-state index contributed by atoms with van der Waals surface area (Å²) in [6.45, 7) is 12.4.